The number of furan rings is 1. The molecule has 0 bridgehead atoms. The molecular formula is C21H17N3O5. The molecule has 8 nitrogen and oxygen atoms in total. The molecule has 1 heterocycles. The van der Waals surface area contributed by atoms with E-state index in [9.17, 15) is 14.4 Å². The van der Waals surface area contributed by atoms with Gasteiger partial charge in [0.1, 0.15) is 5.75 Å². The fourth-order valence-electron chi connectivity index (χ4n) is 2.21. The maximum Gasteiger partial charge on any atom is 0.379 e. The molecule has 3 aromatic rings. The third-order valence-corrected chi connectivity index (χ3v) is 3.71. The molecule has 8 heteroatoms. The van der Waals surface area contributed by atoms with E-state index >= 15 is 0 Å². The molecule has 1 aromatic heterocycles. The second kappa shape index (κ2) is 9.14. The van der Waals surface area contributed by atoms with E-state index in [1.807, 2.05) is 19.1 Å². The van der Waals surface area contributed by atoms with E-state index in [1.165, 1.54) is 18.5 Å². The fraction of sp³-hybridized carbons (Fsp3) is 0.0476. The molecule has 0 spiro atoms. The number of benzene rings is 2. The molecule has 2 aromatic carbocycles. The van der Waals surface area contributed by atoms with Crippen LogP contribution in [0.3, 0.4) is 0 Å². The first kappa shape index (κ1) is 19.6. The van der Waals surface area contributed by atoms with Crippen molar-refractivity contribution in [1.82, 2.24) is 5.43 Å². The quantitative estimate of drug-likeness (QED) is 0.228. The van der Waals surface area contributed by atoms with Crippen molar-refractivity contribution in [2.75, 3.05) is 5.32 Å². The van der Waals surface area contributed by atoms with Crippen LogP contribution in [0.1, 0.15) is 21.7 Å². The van der Waals surface area contributed by atoms with Crippen LogP contribution in [0.4, 0.5) is 5.69 Å². The summed E-state index contributed by atoms with van der Waals surface area (Å²) in [5.41, 5.74) is 4.33. The molecule has 0 fully saturated rings. The normalized spacial score (nSPS) is 10.5. The third-order valence-electron chi connectivity index (χ3n) is 3.71. The summed E-state index contributed by atoms with van der Waals surface area (Å²) in [4.78, 5) is 35.4. The first-order valence-corrected chi connectivity index (χ1v) is 8.58. The van der Waals surface area contributed by atoms with Gasteiger partial charge in [-0.3, -0.25) is 9.59 Å². The van der Waals surface area contributed by atoms with Crippen molar-refractivity contribution in [3.63, 3.8) is 0 Å². The molecule has 0 radical (unpaired) electrons. The lowest BCUT2D eigenvalue weighted by atomic mass is 10.2. The summed E-state index contributed by atoms with van der Waals surface area (Å²) in [6, 6.07) is 16.5. The van der Waals surface area contributed by atoms with Gasteiger partial charge in [0.15, 0.2) is 0 Å². The number of esters is 1. The van der Waals surface area contributed by atoms with Crippen molar-refractivity contribution in [3.05, 3.63) is 83.8 Å². The maximum atomic E-state index is 11.8. The van der Waals surface area contributed by atoms with Crippen LogP contribution >= 0.6 is 0 Å². The number of aryl methyl sites for hydroxylation is 1. The molecule has 3 rings (SSSR count). The highest BCUT2D eigenvalue weighted by Gasteiger charge is 2.13. The highest BCUT2D eigenvalue weighted by molar-refractivity contribution is 6.39. The van der Waals surface area contributed by atoms with Gasteiger partial charge in [0.25, 0.3) is 0 Å². The Morgan fingerprint density at radius 1 is 0.966 bits per heavy atom. The summed E-state index contributed by atoms with van der Waals surface area (Å²) < 4.78 is 10.1. The highest BCUT2D eigenvalue weighted by Crippen LogP contribution is 2.14. The van der Waals surface area contributed by atoms with Crippen LogP contribution in [0.25, 0.3) is 0 Å². The smallest absolute Gasteiger partial charge is 0.379 e. The van der Waals surface area contributed by atoms with Gasteiger partial charge in [-0.2, -0.15) is 5.10 Å². The summed E-state index contributed by atoms with van der Waals surface area (Å²) in [5.74, 6) is -1.91. The fourth-order valence-corrected chi connectivity index (χ4v) is 2.21. The van der Waals surface area contributed by atoms with Crippen LogP contribution in [-0.2, 0) is 9.59 Å². The highest BCUT2D eigenvalue weighted by atomic mass is 16.5. The molecule has 0 saturated heterocycles. The third kappa shape index (κ3) is 5.64. The molecule has 0 aliphatic carbocycles. The van der Waals surface area contributed by atoms with Crippen LogP contribution in [0.2, 0.25) is 0 Å². The van der Waals surface area contributed by atoms with Gasteiger partial charge in [-0.05, 0) is 61.0 Å². The number of hydrogen-bond donors (Lipinski definition) is 2. The minimum atomic E-state index is -0.897. The summed E-state index contributed by atoms with van der Waals surface area (Å²) >= 11 is 0. The number of hydrogen-bond acceptors (Lipinski definition) is 6. The van der Waals surface area contributed by atoms with Crippen molar-refractivity contribution in [2.24, 2.45) is 5.10 Å². The molecule has 2 amide bonds. The molecule has 0 aliphatic rings. The minimum absolute atomic E-state index is 0.0993. The van der Waals surface area contributed by atoms with Gasteiger partial charge in [-0.15, -0.1) is 0 Å². The molecule has 29 heavy (non-hydrogen) atoms. The van der Waals surface area contributed by atoms with E-state index in [-0.39, 0.29) is 5.76 Å². The number of nitrogens with one attached hydrogen (secondary N) is 2. The van der Waals surface area contributed by atoms with E-state index in [0.717, 1.165) is 5.56 Å². The second-order valence-corrected chi connectivity index (χ2v) is 5.96. The molecule has 146 valence electrons. The Morgan fingerprint density at radius 2 is 1.69 bits per heavy atom. The van der Waals surface area contributed by atoms with E-state index in [2.05, 4.69) is 15.8 Å². The van der Waals surface area contributed by atoms with Crippen LogP contribution < -0.4 is 15.5 Å². The molecule has 0 unspecified atom stereocenters. The zero-order valence-corrected chi connectivity index (χ0v) is 15.4. The molecular weight excluding hydrogens is 374 g/mol. The number of amides is 2. The zero-order valence-electron chi connectivity index (χ0n) is 15.4. The van der Waals surface area contributed by atoms with Crippen LogP contribution in [-0.4, -0.2) is 24.0 Å². The van der Waals surface area contributed by atoms with E-state index in [0.29, 0.717) is 17.0 Å². The minimum Gasteiger partial charge on any atom is -0.457 e. The number of hydrazone groups is 1. The lowest BCUT2D eigenvalue weighted by Crippen LogP contribution is -2.32. The number of carbonyl (C=O) groups excluding carboxylic acids is 3. The number of anilines is 1. The molecule has 0 aliphatic heterocycles. The van der Waals surface area contributed by atoms with Crippen molar-refractivity contribution in [2.45, 2.75) is 6.92 Å². The van der Waals surface area contributed by atoms with E-state index in [1.54, 1.807) is 42.5 Å². The lowest BCUT2D eigenvalue weighted by molar-refractivity contribution is -0.136. The number of rotatable bonds is 5. The first-order valence-electron chi connectivity index (χ1n) is 8.58. The zero-order chi connectivity index (χ0) is 20.6. The Bertz CT molecular complexity index is 1020. The second-order valence-electron chi connectivity index (χ2n) is 5.96. The summed E-state index contributed by atoms with van der Waals surface area (Å²) in [7, 11) is 0. The predicted octanol–water partition coefficient (Wildman–Crippen LogP) is 2.90. The molecule has 0 atom stereocenters. The maximum absolute atomic E-state index is 11.8. The Hall–Kier alpha value is -4.20. The van der Waals surface area contributed by atoms with Crippen molar-refractivity contribution in [3.8, 4) is 5.75 Å². The Balaban J connectivity index is 1.49. The van der Waals surface area contributed by atoms with Crippen molar-refractivity contribution < 1.29 is 23.5 Å². The standard InChI is InChI=1S/C21H17N3O5/c1-14-4-8-16(9-5-14)23-19(25)20(26)24-22-13-15-6-10-17(11-7-15)29-21(27)18-3-2-12-28-18/h2-13H,1H3,(H,23,25)(H,24,26). The molecule has 2 N–H and O–H groups in total. The van der Waals surface area contributed by atoms with Gasteiger partial charge in [-0.1, -0.05) is 17.7 Å². The van der Waals surface area contributed by atoms with E-state index in [4.69, 9.17) is 9.15 Å². The number of nitrogens with zero attached hydrogens (tertiary/aromatic N) is 1. The first-order chi connectivity index (χ1) is 14.0. The topological polar surface area (TPSA) is 110 Å². The average molecular weight is 391 g/mol. The lowest BCUT2D eigenvalue weighted by Gasteiger charge is -2.04. The largest absolute Gasteiger partial charge is 0.457 e. The monoisotopic (exact) mass is 391 g/mol. The van der Waals surface area contributed by atoms with Crippen molar-refractivity contribution in [1.29, 1.82) is 0 Å². The van der Waals surface area contributed by atoms with Gasteiger partial charge in [0, 0.05) is 5.69 Å². The summed E-state index contributed by atoms with van der Waals surface area (Å²) in [6.45, 7) is 1.92. The van der Waals surface area contributed by atoms with Gasteiger partial charge in [-0.25, -0.2) is 10.2 Å². The van der Waals surface area contributed by atoms with Gasteiger partial charge < -0.3 is 14.5 Å². The van der Waals surface area contributed by atoms with E-state index < -0.39 is 17.8 Å². The van der Waals surface area contributed by atoms with Crippen LogP contribution in [0, 0.1) is 6.92 Å². The predicted molar refractivity (Wildman–Crippen MR) is 106 cm³/mol. The Labute approximate surface area is 166 Å². The number of ether oxygens (including phenoxy) is 1. The van der Waals surface area contributed by atoms with Crippen LogP contribution in [0.15, 0.2) is 76.4 Å². The van der Waals surface area contributed by atoms with Gasteiger partial charge in [0.2, 0.25) is 5.76 Å². The summed E-state index contributed by atoms with van der Waals surface area (Å²) in [6.07, 6.45) is 2.74. The molecule has 0 saturated carbocycles. The Kier molecular flexibility index (Phi) is 6.16. The van der Waals surface area contributed by atoms with Gasteiger partial charge in [0.05, 0.1) is 12.5 Å². The Morgan fingerprint density at radius 3 is 2.34 bits per heavy atom. The average Bonchev–Trinajstić information content (AvgIpc) is 3.26. The van der Waals surface area contributed by atoms with Gasteiger partial charge >= 0.3 is 17.8 Å². The number of carbonyl (C=O) groups is 3. The summed E-state index contributed by atoms with van der Waals surface area (Å²) in [5, 5.41) is 6.22. The van der Waals surface area contributed by atoms with Crippen molar-refractivity contribution >= 4 is 29.7 Å². The van der Waals surface area contributed by atoms with Crippen LogP contribution in [0.5, 0.6) is 5.75 Å². The SMILES string of the molecule is Cc1ccc(NC(=O)C(=O)NN=Cc2ccc(OC(=O)c3ccco3)cc2)cc1.